The predicted molar refractivity (Wildman–Crippen MR) is 140 cm³/mol. The largest absolute Gasteiger partial charge is 0.478 e. The van der Waals surface area contributed by atoms with Crippen LogP contribution in [-0.4, -0.2) is 29.1 Å². The van der Waals surface area contributed by atoms with Gasteiger partial charge in [0.15, 0.2) is 0 Å². The molecule has 0 aliphatic carbocycles. The second-order valence-corrected chi connectivity index (χ2v) is 8.41. The topological polar surface area (TPSA) is 121 Å². The molecule has 0 saturated heterocycles. The zero-order valence-corrected chi connectivity index (χ0v) is 20.2. The minimum Gasteiger partial charge on any atom is -0.478 e. The molecule has 1 atom stereocenters. The Morgan fingerprint density at radius 3 is 2.35 bits per heavy atom. The van der Waals surface area contributed by atoms with Crippen molar-refractivity contribution in [2.24, 2.45) is 5.10 Å². The van der Waals surface area contributed by atoms with Crippen LogP contribution in [0.25, 0.3) is 11.3 Å². The van der Waals surface area contributed by atoms with Crippen molar-refractivity contribution in [1.29, 1.82) is 0 Å². The van der Waals surface area contributed by atoms with E-state index in [9.17, 15) is 19.5 Å². The van der Waals surface area contributed by atoms with Gasteiger partial charge in [0.1, 0.15) is 11.5 Å². The highest BCUT2D eigenvalue weighted by atomic mass is 35.5. The van der Waals surface area contributed by atoms with Crippen LogP contribution in [0.1, 0.15) is 44.5 Å². The fraction of sp³-hybridized carbons (Fsp3) is 0.0714. The lowest BCUT2D eigenvalue weighted by Gasteiger charge is -2.18. The molecule has 186 valence electrons. The first kappa shape index (κ1) is 25.4. The summed E-state index contributed by atoms with van der Waals surface area (Å²) in [6.45, 7) is 0. The molecular weight excluding hydrogens is 494 g/mol. The summed E-state index contributed by atoms with van der Waals surface area (Å²) < 4.78 is 5.68. The summed E-state index contributed by atoms with van der Waals surface area (Å²) in [7, 11) is 0. The molecule has 0 aliphatic rings. The molecule has 1 heterocycles. The van der Waals surface area contributed by atoms with Gasteiger partial charge in [0.05, 0.1) is 29.3 Å². The molecule has 9 heteroatoms. The number of rotatable bonds is 9. The third kappa shape index (κ3) is 6.71. The van der Waals surface area contributed by atoms with Crippen LogP contribution in [0.4, 0.5) is 0 Å². The van der Waals surface area contributed by atoms with Crippen LogP contribution < -0.4 is 10.7 Å². The Kier molecular flexibility index (Phi) is 8.12. The van der Waals surface area contributed by atoms with Crippen molar-refractivity contribution in [2.45, 2.75) is 12.5 Å². The van der Waals surface area contributed by atoms with Crippen molar-refractivity contribution in [3.63, 3.8) is 0 Å². The predicted octanol–water partition coefficient (Wildman–Crippen LogP) is 5.31. The Morgan fingerprint density at radius 2 is 1.65 bits per heavy atom. The maximum absolute atomic E-state index is 12.7. The van der Waals surface area contributed by atoms with Crippen LogP contribution in [0.5, 0.6) is 0 Å². The number of nitrogens with zero attached hydrogens (tertiary/aromatic N) is 1. The van der Waals surface area contributed by atoms with Gasteiger partial charge in [-0.3, -0.25) is 9.59 Å². The Labute approximate surface area is 217 Å². The van der Waals surface area contributed by atoms with Crippen molar-refractivity contribution < 1.29 is 23.9 Å². The maximum atomic E-state index is 12.7. The van der Waals surface area contributed by atoms with Crippen molar-refractivity contribution in [2.75, 3.05) is 0 Å². The lowest BCUT2D eigenvalue weighted by atomic mass is 10.0. The highest BCUT2D eigenvalue weighted by Gasteiger charge is 2.19. The molecular formula is C28H22ClN3O5. The van der Waals surface area contributed by atoms with E-state index in [1.54, 1.807) is 42.5 Å². The third-order valence-corrected chi connectivity index (χ3v) is 5.75. The molecule has 4 aromatic rings. The van der Waals surface area contributed by atoms with Crippen molar-refractivity contribution in [1.82, 2.24) is 10.7 Å². The first-order valence-corrected chi connectivity index (χ1v) is 11.6. The van der Waals surface area contributed by atoms with Crippen molar-refractivity contribution in [3.8, 4) is 11.3 Å². The van der Waals surface area contributed by atoms with Crippen molar-refractivity contribution >= 4 is 35.6 Å². The third-order valence-electron chi connectivity index (χ3n) is 5.42. The van der Waals surface area contributed by atoms with Gasteiger partial charge in [-0.1, -0.05) is 60.1 Å². The smallest absolute Gasteiger partial charge is 0.337 e. The zero-order chi connectivity index (χ0) is 26.2. The Hall–Kier alpha value is -4.69. The minimum absolute atomic E-state index is 0.0356. The standard InChI is InChI=1S/C28H22ClN3O5/c29-23-13-11-20(15-22(23)28(35)36)25-14-12-21(37-25)17-30-32-26(33)16-24(18-7-3-1-4-8-18)31-27(34)19-9-5-2-6-10-19/h1-15,17,24H,16H2,(H,31,34)(H,32,33)(H,35,36)/b30-17-/t24-/m0/s1. The van der Waals surface area contributed by atoms with Gasteiger partial charge in [-0.05, 0) is 48.0 Å². The molecule has 0 unspecified atom stereocenters. The van der Waals surface area contributed by atoms with Crippen LogP contribution in [0.15, 0.2) is 101 Å². The van der Waals surface area contributed by atoms with E-state index in [0.29, 0.717) is 22.6 Å². The zero-order valence-electron chi connectivity index (χ0n) is 19.4. The molecule has 8 nitrogen and oxygen atoms in total. The Balaban J connectivity index is 1.40. The number of amides is 2. The van der Waals surface area contributed by atoms with Crippen LogP contribution in [0.3, 0.4) is 0 Å². The normalized spacial score (nSPS) is 11.7. The fourth-order valence-corrected chi connectivity index (χ4v) is 3.79. The van der Waals surface area contributed by atoms with Gasteiger partial charge < -0.3 is 14.8 Å². The van der Waals surface area contributed by atoms with Crippen molar-refractivity contribution in [3.05, 3.63) is 118 Å². The molecule has 0 spiro atoms. The first-order valence-electron chi connectivity index (χ1n) is 11.3. The number of halogens is 1. The molecule has 0 fully saturated rings. The highest BCUT2D eigenvalue weighted by molar-refractivity contribution is 6.33. The van der Waals surface area contributed by atoms with Gasteiger partial charge in [0, 0.05) is 11.1 Å². The molecule has 0 aliphatic heterocycles. The lowest BCUT2D eigenvalue weighted by molar-refractivity contribution is -0.121. The van der Waals surface area contributed by atoms with E-state index in [1.165, 1.54) is 18.3 Å². The summed E-state index contributed by atoms with van der Waals surface area (Å²) >= 11 is 5.92. The molecule has 2 amide bonds. The van der Waals surface area contributed by atoms with Crippen LogP contribution >= 0.6 is 11.6 Å². The molecule has 37 heavy (non-hydrogen) atoms. The van der Waals surface area contributed by atoms with Gasteiger partial charge in [0.2, 0.25) is 5.91 Å². The van der Waals surface area contributed by atoms with Crippen LogP contribution in [0, 0.1) is 0 Å². The monoisotopic (exact) mass is 515 g/mol. The van der Waals surface area contributed by atoms with E-state index in [-0.39, 0.29) is 22.9 Å². The van der Waals surface area contributed by atoms with Crippen LogP contribution in [0.2, 0.25) is 5.02 Å². The number of carboxylic acid groups (broad SMARTS) is 1. The first-order chi connectivity index (χ1) is 17.9. The van der Waals surface area contributed by atoms with Gasteiger partial charge in [-0.15, -0.1) is 0 Å². The summed E-state index contributed by atoms with van der Waals surface area (Å²) in [5.74, 6) is -1.08. The molecule has 0 bridgehead atoms. The maximum Gasteiger partial charge on any atom is 0.337 e. The second kappa shape index (κ2) is 11.8. The number of hydrogen-bond acceptors (Lipinski definition) is 5. The number of benzene rings is 3. The lowest BCUT2D eigenvalue weighted by Crippen LogP contribution is -2.32. The van der Waals surface area contributed by atoms with Gasteiger partial charge in [0.25, 0.3) is 5.91 Å². The second-order valence-electron chi connectivity index (χ2n) is 8.00. The number of carbonyl (C=O) groups is 3. The average Bonchev–Trinajstić information content (AvgIpc) is 3.38. The summed E-state index contributed by atoms with van der Waals surface area (Å²) in [4.78, 5) is 36.6. The van der Waals surface area contributed by atoms with Gasteiger partial charge >= 0.3 is 5.97 Å². The number of furan rings is 1. The molecule has 0 radical (unpaired) electrons. The quantitative estimate of drug-likeness (QED) is 0.206. The highest BCUT2D eigenvalue weighted by Crippen LogP contribution is 2.26. The van der Waals surface area contributed by atoms with E-state index in [1.807, 2.05) is 36.4 Å². The number of nitrogens with one attached hydrogen (secondary N) is 2. The molecule has 1 aromatic heterocycles. The van der Waals surface area contributed by atoms with E-state index in [4.69, 9.17) is 16.0 Å². The summed E-state index contributed by atoms with van der Waals surface area (Å²) in [6, 6.07) is 25.2. The summed E-state index contributed by atoms with van der Waals surface area (Å²) in [5.41, 5.74) is 4.22. The van der Waals surface area contributed by atoms with E-state index in [0.717, 1.165) is 5.56 Å². The van der Waals surface area contributed by atoms with E-state index in [2.05, 4.69) is 15.8 Å². The summed E-state index contributed by atoms with van der Waals surface area (Å²) in [6.07, 6.45) is 1.29. The number of carbonyl (C=O) groups excluding carboxylic acids is 2. The Morgan fingerprint density at radius 1 is 0.946 bits per heavy atom. The molecule has 3 N–H and O–H groups in total. The average molecular weight is 516 g/mol. The number of hydrazone groups is 1. The van der Waals surface area contributed by atoms with E-state index >= 15 is 0 Å². The number of hydrogen-bond donors (Lipinski definition) is 3. The number of aromatic carboxylic acids is 1. The van der Waals surface area contributed by atoms with Crippen LogP contribution in [-0.2, 0) is 4.79 Å². The number of carboxylic acids is 1. The molecule has 0 saturated carbocycles. The fourth-order valence-electron chi connectivity index (χ4n) is 3.59. The van der Waals surface area contributed by atoms with Gasteiger partial charge in [-0.25, -0.2) is 10.2 Å². The summed E-state index contributed by atoms with van der Waals surface area (Å²) in [5, 5.41) is 16.2. The van der Waals surface area contributed by atoms with E-state index < -0.39 is 17.9 Å². The SMILES string of the molecule is O=C(C[C@H](NC(=O)c1ccccc1)c1ccccc1)N/N=C\c1ccc(-c2ccc(Cl)c(C(=O)O)c2)o1. The molecule has 3 aromatic carbocycles. The Bertz CT molecular complexity index is 1430. The minimum atomic E-state index is -1.14. The van der Waals surface area contributed by atoms with Gasteiger partial charge in [-0.2, -0.15) is 5.10 Å². The molecule has 4 rings (SSSR count).